The molecular weight excluding hydrogens is 242 g/mol. The van der Waals surface area contributed by atoms with Crippen LogP contribution in [0, 0.1) is 0 Å². The lowest BCUT2D eigenvalue weighted by molar-refractivity contribution is -0.126. The zero-order chi connectivity index (χ0) is 13.7. The van der Waals surface area contributed by atoms with Crippen molar-refractivity contribution in [2.45, 2.75) is 25.8 Å². The molecule has 0 aliphatic carbocycles. The first-order chi connectivity index (χ1) is 9.20. The van der Waals surface area contributed by atoms with Gasteiger partial charge in [0, 0.05) is 18.7 Å². The summed E-state index contributed by atoms with van der Waals surface area (Å²) in [4.78, 5) is 23.3. The van der Waals surface area contributed by atoms with Gasteiger partial charge in [-0.3, -0.25) is 9.59 Å². The first-order valence-corrected chi connectivity index (χ1v) is 6.59. The van der Waals surface area contributed by atoms with Crippen LogP contribution < -0.4 is 16.0 Å². The maximum Gasteiger partial charge on any atom is 0.243 e. The van der Waals surface area contributed by atoms with E-state index in [4.69, 9.17) is 0 Å². The van der Waals surface area contributed by atoms with Gasteiger partial charge in [0.1, 0.15) is 6.04 Å². The molecule has 0 spiro atoms. The van der Waals surface area contributed by atoms with Gasteiger partial charge in [-0.1, -0.05) is 25.1 Å². The van der Waals surface area contributed by atoms with E-state index in [-0.39, 0.29) is 24.4 Å². The smallest absolute Gasteiger partial charge is 0.243 e. The highest BCUT2D eigenvalue weighted by molar-refractivity contribution is 5.90. The number of anilines is 1. The fraction of sp³-hybridized carbons (Fsp3) is 0.429. The molecule has 5 heteroatoms. The second-order valence-electron chi connectivity index (χ2n) is 4.63. The summed E-state index contributed by atoms with van der Waals surface area (Å²) in [5.41, 5.74) is 2.14. The third kappa shape index (κ3) is 3.47. The molecule has 1 heterocycles. The highest BCUT2D eigenvalue weighted by atomic mass is 16.2. The maximum absolute atomic E-state index is 11.9. The number of benzene rings is 1. The molecule has 1 atom stereocenters. The Morgan fingerprint density at radius 1 is 1.32 bits per heavy atom. The van der Waals surface area contributed by atoms with E-state index in [2.05, 4.69) is 16.0 Å². The number of fused-ring (bicyclic) bond motifs is 1. The van der Waals surface area contributed by atoms with E-state index in [1.165, 1.54) is 0 Å². The summed E-state index contributed by atoms with van der Waals surface area (Å²) >= 11 is 0. The van der Waals surface area contributed by atoms with Crippen molar-refractivity contribution in [2.24, 2.45) is 0 Å². The van der Waals surface area contributed by atoms with E-state index in [9.17, 15) is 9.59 Å². The first kappa shape index (κ1) is 13.4. The molecule has 0 saturated heterocycles. The molecule has 5 nitrogen and oxygen atoms in total. The molecule has 1 aromatic carbocycles. The minimum Gasteiger partial charge on any atom is -0.373 e. The Balaban J connectivity index is 1.78. The van der Waals surface area contributed by atoms with E-state index in [0.29, 0.717) is 13.0 Å². The van der Waals surface area contributed by atoms with Crippen LogP contribution >= 0.6 is 0 Å². The molecule has 0 saturated carbocycles. The lowest BCUT2D eigenvalue weighted by Gasteiger charge is -2.11. The minimum absolute atomic E-state index is 0.0351. The third-order valence-electron chi connectivity index (χ3n) is 3.08. The molecule has 102 valence electrons. The van der Waals surface area contributed by atoms with Crippen molar-refractivity contribution in [3.05, 3.63) is 29.8 Å². The highest BCUT2D eigenvalue weighted by Crippen LogP contribution is 2.24. The Kier molecular flexibility index (Phi) is 4.39. The number of para-hydroxylation sites is 1. The number of carbonyl (C=O) groups is 2. The molecule has 1 aliphatic heterocycles. The molecule has 0 bridgehead atoms. The number of hydrogen-bond donors (Lipinski definition) is 3. The van der Waals surface area contributed by atoms with Gasteiger partial charge >= 0.3 is 0 Å². The van der Waals surface area contributed by atoms with E-state index >= 15 is 0 Å². The molecule has 0 fully saturated rings. The largest absolute Gasteiger partial charge is 0.373 e. The molecule has 1 aromatic rings. The van der Waals surface area contributed by atoms with Gasteiger partial charge in [0.05, 0.1) is 6.54 Å². The van der Waals surface area contributed by atoms with Gasteiger partial charge in [-0.2, -0.15) is 0 Å². The zero-order valence-electron chi connectivity index (χ0n) is 11.0. The van der Waals surface area contributed by atoms with E-state index in [1.54, 1.807) is 0 Å². The maximum atomic E-state index is 11.9. The lowest BCUT2D eigenvalue weighted by atomic mass is 10.1. The molecule has 2 amide bonds. The number of nitrogens with one attached hydrogen (secondary N) is 3. The summed E-state index contributed by atoms with van der Waals surface area (Å²) in [5, 5.41) is 8.53. The Labute approximate surface area is 112 Å². The zero-order valence-corrected chi connectivity index (χ0v) is 11.0. The van der Waals surface area contributed by atoms with Gasteiger partial charge < -0.3 is 16.0 Å². The fourth-order valence-electron chi connectivity index (χ4n) is 2.07. The summed E-state index contributed by atoms with van der Waals surface area (Å²) < 4.78 is 0. The number of amides is 2. The van der Waals surface area contributed by atoms with Gasteiger partial charge in [0.2, 0.25) is 11.8 Å². The number of carbonyl (C=O) groups excluding carboxylic acids is 2. The van der Waals surface area contributed by atoms with E-state index < -0.39 is 0 Å². The van der Waals surface area contributed by atoms with Gasteiger partial charge in [-0.05, 0) is 18.1 Å². The normalized spacial score (nSPS) is 16.4. The Morgan fingerprint density at radius 2 is 2.11 bits per heavy atom. The predicted molar refractivity (Wildman–Crippen MR) is 73.9 cm³/mol. The molecule has 0 radical (unpaired) electrons. The lowest BCUT2D eigenvalue weighted by Crippen LogP contribution is -2.43. The second kappa shape index (κ2) is 6.22. The second-order valence-corrected chi connectivity index (χ2v) is 4.63. The molecule has 1 aliphatic rings. The van der Waals surface area contributed by atoms with Crippen molar-refractivity contribution in [1.82, 2.24) is 10.6 Å². The van der Waals surface area contributed by atoms with Crippen LogP contribution in [0.1, 0.15) is 18.9 Å². The van der Waals surface area contributed by atoms with Gasteiger partial charge in [0.15, 0.2) is 0 Å². The van der Waals surface area contributed by atoms with E-state index in [0.717, 1.165) is 17.7 Å². The minimum atomic E-state index is -0.281. The van der Waals surface area contributed by atoms with Crippen LogP contribution in [0.2, 0.25) is 0 Å². The first-order valence-electron chi connectivity index (χ1n) is 6.59. The van der Waals surface area contributed by atoms with Crippen molar-refractivity contribution in [1.29, 1.82) is 0 Å². The highest BCUT2D eigenvalue weighted by Gasteiger charge is 2.26. The summed E-state index contributed by atoms with van der Waals surface area (Å²) in [6.45, 7) is 2.66. The standard InChI is InChI=1S/C14H19N3O2/c1-2-7-15-13(18)9-16-14(19)12-8-10-5-3-4-6-11(10)17-12/h3-6,12,17H,2,7-9H2,1H3,(H,15,18)(H,16,19)/t12-/m0/s1. The third-order valence-corrected chi connectivity index (χ3v) is 3.08. The quantitative estimate of drug-likeness (QED) is 0.729. The summed E-state index contributed by atoms with van der Waals surface area (Å²) in [6.07, 6.45) is 1.55. The fourth-order valence-corrected chi connectivity index (χ4v) is 2.07. The topological polar surface area (TPSA) is 70.2 Å². The molecule has 3 N–H and O–H groups in total. The van der Waals surface area contributed by atoms with Crippen molar-refractivity contribution in [3.63, 3.8) is 0 Å². The van der Waals surface area contributed by atoms with Crippen molar-refractivity contribution in [3.8, 4) is 0 Å². The van der Waals surface area contributed by atoms with Crippen LogP contribution in [-0.2, 0) is 16.0 Å². The van der Waals surface area contributed by atoms with Crippen LogP contribution in [0.3, 0.4) is 0 Å². The molecule has 19 heavy (non-hydrogen) atoms. The van der Waals surface area contributed by atoms with Crippen molar-refractivity contribution < 1.29 is 9.59 Å². The molecule has 2 rings (SSSR count). The van der Waals surface area contributed by atoms with Crippen molar-refractivity contribution >= 4 is 17.5 Å². The monoisotopic (exact) mass is 261 g/mol. The van der Waals surface area contributed by atoms with Crippen LogP contribution in [0.5, 0.6) is 0 Å². The van der Waals surface area contributed by atoms with Crippen LogP contribution in [-0.4, -0.2) is 30.9 Å². The summed E-state index contributed by atoms with van der Waals surface area (Å²) in [7, 11) is 0. The predicted octanol–water partition coefficient (Wildman–Crippen LogP) is 0.666. The molecule has 0 unspecified atom stereocenters. The van der Waals surface area contributed by atoms with Gasteiger partial charge in [0.25, 0.3) is 0 Å². The molecular formula is C14H19N3O2. The van der Waals surface area contributed by atoms with Gasteiger partial charge in [-0.15, -0.1) is 0 Å². The number of rotatable bonds is 5. The summed E-state index contributed by atoms with van der Waals surface area (Å²) in [6, 6.07) is 7.57. The van der Waals surface area contributed by atoms with Crippen LogP contribution in [0.4, 0.5) is 5.69 Å². The number of hydrogen-bond acceptors (Lipinski definition) is 3. The van der Waals surface area contributed by atoms with Gasteiger partial charge in [-0.25, -0.2) is 0 Å². The van der Waals surface area contributed by atoms with Crippen LogP contribution in [0.15, 0.2) is 24.3 Å². The average molecular weight is 261 g/mol. The molecule has 0 aromatic heterocycles. The van der Waals surface area contributed by atoms with Crippen molar-refractivity contribution in [2.75, 3.05) is 18.4 Å². The van der Waals surface area contributed by atoms with E-state index in [1.807, 2.05) is 31.2 Å². The van der Waals surface area contributed by atoms with Crippen LogP contribution in [0.25, 0.3) is 0 Å². The Bertz CT molecular complexity index is 449. The summed E-state index contributed by atoms with van der Waals surface area (Å²) in [5.74, 6) is -0.284. The Morgan fingerprint density at radius 3 is 2.84 bits per heavy atom. The average Bonchev–Trinajstić information content (AvgIpc) is 2.86. The Hall–Kier alpha value is -2.04. The SMILES string of the molecule is CCCNC(=O)CNC(=O)[C@@H]1Cc2ccccc2N1.